The highest BCUT2D eigenvalue weighted by atomic mass is 32.1. The number of aromatic nitrogens is 1. The molecule has 1 aliphatic heterocycles. The van der Waals surface area contributed by atoms with Crippen molar-refractivity contribution in [3.63, 3.8) is 0 Å². The number of anilines is 2. The van der Waals surface area contributed by atoms with Gasteiger partial charge < -0.3 is 4.90 Å². The van der Waals surface area contributed by atoms with Gasteiger partial charge >= 0.3 is 0 Å². The molecule has 0 saturated carbocycles. The van der Waals surface area contributed by atoms with E-state index in [0.29, 0.717) is 22.7 Å². The molecule has 2 heterocycles. The largest absolute Gasteiger partial charge is 0.336 e. The molecule has 2 amide bonds. The number of benzene rings is 1. The van der Waals surface area contributed by atoms with Gasteiger partial charge in [0.1, 0.15) is 0 Å². The molecule has 1 aromatic heterocycles. The summed E-state index contributed by atoms with van der Waals surface area (Å²) in [6, 6.07) is 9.75. The van der Waals surface area contributed by atoms with Crippen LogP contribution in [0.15, 0.2) is 41.8 Å². The van der Waals surface area contributed by atoms with Crippen LogP contribution < -0.4 is 4.90 Å². The molecule has 0 bridgehead atoms. The van der Waals surface area contributed by atoms with Crippen LogP contribution in [0.1, 0.15) is 52.7 Å². The Balaban J connectivity index is 1.75. The smallest absolute Gasteiger partial charge is 0.246 e. The number of rotatable bonds is 5. The highest BCUT2D eigenvalue weighted by molar-refractivity contribution is 7.14. The second-order valence-corrected chi connectivity index (χ2v) is 9.23. The van der Waals surface area contributed by atoms with Gasteiger partial charge in [0.15, 0.2) is 5.13 Å². The topological polar surface area (TPSA) is 53.5 Å². The van der Waals surface area contributed by atoms with Gasteiger partial charge in [-0.15, -0.1) is 11.3 Å². The van der Waals surface area contributed by atoms with Crippen LogP contribution >= 0.6 is 11.3 Å². The van der Waals surface area contributed by atoms with E-state index >= 15 is 0 Å². The summed E-state index contributed by atoms with van der Waals surface area (Å²) in [5, 5.41) is 2.48. The van der Waals surface area contributed by atoms with Crippen molar-refractivity contribution in [2.75, 3.05) is 11.4 Å². The van der Waals surface area contributed by atoms with Crippen LogP contribution in [0.5, 0.6) is 0 Å². The molecule has 5 nitrogen and oxygen atoms in total. The quantitative estimate of drug-likeness (QED) is 0.593. The zero-order valence-corrected chi connectivity index (χ0v) is 19.1. The summed E-state index contributed by atoms with van der Waals surface area (Å²) < 4.78 is 0. The van der Waals surface area contributed by atoms with Gasteiger partial charge in [0.05, 0.1) is 11.4 Å². The molecule has 1 aliphatic rings. The fourth-order valence-corrected chi connectivity index (χ4v) is 4.81. The maximum atomic E-state index is 13.0. The molecule has 1 saturated heterocycles. The molecule has 2 unspecified atom stereocenters. The normalized spacial score (nSPS) is 19.8. The summed E-state index contributed by atoms with van der Waals surface area (Å²) in [6.07, 6.45) is 6.67. The van der Waals surface area contributed by atoms with Gasteiger partial charge in [-0.25, -0.2) is 4.98 Å². The Morgan fingerprint density at radius 3 is 2.60 bits per heavy atom. The zero-order valence-electron chi connectivity index (χ0n) is 18.2. The lowest BCUT2D eigenvalue weighted by molar-refractivity contribution is -0.129. The van der Waals surface area contributed by atoms with Gasteiger partial charge in [-0.2, -0.15) is 0 Å². The second-order valence-electron chi connectivity index (χ2n) is 8.39. The van der Waals surface area contributed by atoms with Gasteiger partial charge in [0, 0.05) is 31.0 Å². The van der Waals surface area contributed by atoms with E-state index in [9.17, 15) is 9.59 Å². The van der Waals surface area contributed by atoms with E-state index in [1.165, 1.54) is 24.7 Å². The third-order valence-electron chi connectivity index (χ3n) is 5.70. The van der Waals surface area contributed by atoms with Crippen LogP contribution in [0.4, 0.5) is 10.8 Å². The van der Waals surface area contributed by atoms with E-state index in [-0.39, 0.29) is 17.9 Å². The maximum Gasteiger partial charge on any atom is 0.246 e. The number of carbonyl (C=O) groups excluding carboxylic acids is 2. The Kier molecular flexibility index (Phi) is 7.43. The Morgan fingerprint density at radius 1 is 1.20 bits per heavy atom. The van der Waals surface area contributed by atoms with E-state index in [1.54, 1.807) is 17.1 Å². The molecule has 3 rings (SSSR count). The van der Waals surface area contributed by atoms with E-state index in [2.05, 4.69) is 25.8 Å². The number of nitrogens with zero attached hydrogens (tertiary/aromatic N) is 3. The number of hydrogen-bond donors (Lipinski definition) is 0. The Labute approximate surface area is 183 Å². The van der Waals surface area contributed by atoms with Crippen LogP contribution in [0.2, 0.25) is 0 Å². The van der Waals surface area contributed by atoms with E-state index in [4.69, 9.17) is 0 Å². The molecule has 1 fully saturated rings. The first-order chi connectivity index (χ1) is 14.4. The molecule has 6 heteroatoms. The highest BCUT2D eigenvalue weighted by Gasteiger charge is 2.28. The summed E-state index contributed by atoms with van der Waals surface area (Å²) in [4.78, 5) is 33.4. The third-order valence-corrected chi connectivity index (χ3v) is 6.54. The molecule has 160 valence electrons. The van der Waals surface area contributed by atoms with Crippen molar-refractivity contribution in [2.24, 2.45) is 11.8 Å². The molecular weight excluding hydrogens is 394 g/mol. The summed E-state index contributed by atoms with van der Waals surface area (Å²) in [7, 11) is 0. The average Bonchev–Trinajstić information content (AvgIpc) is 3.07. The number of carbonyl (C=O) groups is 2. The fraction of sp³-hybridized carbons (Fsp3) is 0.458. The molecule has 2 atom stereocenters. The molecule has 0 aliphatic carbocycles. The SMILES string of the molecule is CC(=O)N(c1ccccc1)c1nc(C=CC(=O)N2CCC(C)CCC2C(C)C)cs1. The number of amides is 2. The van der Waals surface area contributed by atoms with Crippen LogP contribution in [-0.4, -0.2) is 34.3 Å². The van der Waals surface area contributed by atoms with Gasteiger partial charge in [0.25, 0.3) is 0 Å². The van der Waals surface area contributed by atoms with Crippen LogP contribution in [-0.2, 0) is 9.59 Å². The lowest BCUT2D eigenvalue weighted by Gasteiger charge is -2.32. The first-order valence-corrected chi connectivity index (χ1v) is 11.5. The fourth-order valence-electron chi connectivity index (χ4n) is 3.96. The van der Waals surface area contributed by atoms with Crippen molar-refractivity contribution in [3.05, 3.63) is 47.5 Å². The van der Waals surface area contributed by atoms with E-state index in [0.717, 1.165) is 25.1 Å². The van der Waals surface area contributed by atoms with Crippen molar-refractivity contribution >= 4 is 40.0 Å². The maximum absolute atomic E-state index is 13.0. The predicted octanol–water partition coefficient (Wildman–Crippen LogP) is 5.51. The van der Waals surface area contributed by atoms with Crippen molar-refractivity contribution in [2.45, 2.75) is 53.0 Å². The molecule has 1 aromatic carbocycles. The number of para-hydroxylation sites is 1. The first-order valence-electron chi connectivity index (χ1n) is 10.7. The van der Waals surface area contributed by atoms with Gasteiger partial charge in [0.2, 0.25) is 11.8 Å². The lowest BCUT2D eigenvalue weighted by atomic mass is 9.95. The molecule has 0 spiro atoms. The van der Waals surface area contributed by atoms with Gasteiger partial charge in [-0.3, -0.25) is 14.5 Å². The van der Waals surface area contributed by atoms with Crippen molar-refractivity contribution in [1.82, 2.24) is 9.88 Å². The standard InChI is InChI=1S/C24H31N3O2S/c1-17(2)22-12-10-18(3)14-15-26(22)23(29)13-11-20-16-30-24(25-20)27(19(4)28)21-8-6-5-7-9-21/h5-9,11,13,16-18,22H,10,12,14-15H2,1-4H3. The Bertz CT molecular complexity index is 891. The van der Waals surface area contributed by atoms with E-state index < -0.39 is 0 Å². The number of likely N-dealkylation sites (tertiary alicyclic amines) is 1. The molecule has 30 heavy (non-hydrogen) atoms. The predicted molar refractivity (Wildman–Crippen MR) is 124 cm³/mol. The second kappa shape index (κ2) is 10.0. The molecule has 0 radical (unpaired) electrons. The molecular formula is C24H31N3O2S. The number of thiazole rings is 1. The van der Waals surface area contributed by atoms with Gasteiger partial charge in [-0.1, -0.05) is 39.0 Å². The van der Waals surface area contributed by atoms with Crippen molar-refractivity contribution < 1.29 is 9.59 Å². The molecule has 0 N–H and O–H groups in total. The minimum absolute atomic E-state index is 0.0452. The Hall–Kier alpha value is -2.47. The minimum Gasteiger partial charge on any atom is -0.336 e. The highest BCUT2D eigenvalue weighted by Crippen LogP contribution is 2.29. The third kappa shape index (κ3) is 5.36. The average molecular weight is 426 g/mol. The summed E-state index contributed by atoms with van der Waals surface area (Å²) >= 11 is 1.39. The summed E-state index contributed by atoms with van der Waals surface area (Å²) in [5.41, 5.74) is 1.47. The zero-order chi connectivity index (χ0) is 21.7. The van der Waals surface area contributed by atoms with Crippen LogP contribution in [0, 0.1) is 11.8 Å². The van der Waals surface area contributed by atoms with E-state index in [1.807, 2.05) is 40.6 Å². The monoisotopic (exact) mass is 425 g/mol. The first kappa shape index (κ1) is 22.2. The van der Waals surface area contributed by atoms with Crippen molar-refractivity contribution in [3.8, 4) is 0 Å². The van der Waals surface area contributed by atoms with Crippen LogP contribution in [0.25, 0.3) is 6.08 Å². The summed E-state index contributed by atoms with van der Waals surface area (Å²) in [6.45, 7) is 8.99. The lowest BCUT2D eigenvalue weighted by Crippen LogP contribution is -2.42. The number of hydrogen-bond acceptors (Lipinski definition) is 4. The minimum atomic E-state index is -0.0967. The van der Waals surface area contributed by atoms with Crippen LogP contribution in [0.3, 0.4) is 0 Å². The summed E-state index contributed by atoms with van der Waals surface area (Å²) in [5.74, 6) is 1.04. The molecule has 2 aromatic rings. The van der Waals surface area contributed by atoms with Gasteiger partial charge in [-0.05, 0) is 49.3 Å². The van der Waals surface area contributed by atoms with Crippen molar-refractivity contribution in [1.29, 1.82) is 0 Å². The Morgan fingerprint density at radius 2 is 1.93 bits per heavy atom.